The van der Waals surface area contributed by atoms with E-state index in [-0.39, 0.29) is 0 Å². The van der Waals surface area contributed by atoms with Crippen LogP contribution in [0.1, 0.15) is 67.9 Å². The molecule has 1 N–H and O–H groups in total. The minimum atomic E-state index is -0.468. The maximum atomic E-state index is 11.6. The summed E-state index contributed by atoms with van der Waals surface area (Å²) in [7, 11) is 1.34. The number of benzene rings is 1. The zero-order valence-electron chi connectivity index (χ0n) is 17.3. The van der Waals surface area contributed by atoms with Crippen molar-refractivity contribution in [1.29, 1.82) is 0 Å². The van der Waals surface area contributed by atoms with Gasteiger partial charge in [-0.1, -0.05) is 63.7 Å². The van der Waals surface area contributed by atoms with Crippen molar-refractivity contribution in [3.63, 3.8) is 0 Å². The van der Waals surface area contributed by atoms with Crippen LogP contribution in [-0.4, -0.2) is 29.3 Å². The number of aliphatic hydroxyl groups excluding tert-OH is 1. The van der Waals surface area contributed by atoms with Gasteiger partial charge in [0, 0.05) is 6.07 Å². The highest BCUT2D eigenvalue weighted by molar-refractivity contribution is 5.89. The van der Waals surface area contributed by atoms with Crippen molar-refractivity contribution >= 4 is 12.0 Å². The molecule has 1 atom stereocenters. The van der Waals surface area contributed by atoms with Crippen LogP contribution in [0, 0.1) is 0 Å². The number of unbranched alkanes of at least 4 members (excludes halogenated alkanes) is 5. The molecule has 0 aliphatic heterocycles. The minimum absolute atomic E-state index is 0.416. The lowest BCUT2D eigenvalue weighted by atomic mass is 10.1. The standard InChI is InChI=1S/C24H31NO4/c1-3-4-5-6-7-8-13-21(26)17-16-20-12-10-15-23(25-20)29-22-14-9-11-19(18-22)24(27)28-2/h9-12,14-18,21,26H,3-8,13H2,1-2H3. The number of pyridine rings is 1. The second-order valence-corrected chi connectivity index (χ2v) is 7.01. The van der Waals surface area contributed by atoms with E-state index in [1.165, 1.54) is 32.8 Å². The highest BCUT2D eigenvalue weighted by atomic mass is 16.5. The molecule has 1 aromatic heterocycles. The van der Waals surface area contributed by atoms with Crippen LogP contribution in [0.2, 0.25) is 0 Å². The van der Waals surface area contributed by atoms with Gasteiger partial charge in [-0.15, -0.1) is 0 Å². The van der Waals surface area contributed by atoms with E-state index in [9.17, 15) is 9.90 Å². The fourth-order valence-electron chi connectivity index (χ4n) is 2.95. The van der Waals surface area contributed by atoms with E-state index in [1.54, 1.807) is 42.5 Å². The Morgan fingerprint density at radius 3 is 2.66 bits per heavy atom. The van der Waals surface area contributed by atoms with Crippen LogP contribution < -0.4 is 4.74 Å². The van der Waals surface area contributed by atoms with Crippen molar-refractivity contribution in [3.05, 3.63) is 59.8 Å². The Labute approximate surface area is 173 Å². The summed E-state index contributed by atoms with van der Waals surface area (Å²) in [5.74, 6) is 0.503. The molecule has 1 aromatic carbocycles. The smallest absolute Gasteiger partial charge is 0.337 e. The molecule has 1 unspecified atom stereocenters. The van der Waals surface area contributed by atoms with Crippen molar-refractivity contribution in [2.24, 2.45) is 0 Å². The third kappa shape index (κ3) is 8.48. The summed E-state index contributed by atoms with van der Waals surface area (Å²) in [6, 6.07) is 12.2. The van der Waals surface area contributed by atoms with Crippen molar-refractivity contribution in [2.75, 3.05) is 7.11 Å². The lowest BCUT2D eigenvalue weighted by molar-refractivity contribution is 0.0600. The summed E-state index contributed by atoms with van der Waals surface area (Å²) in [6.45, 7) is 2.21. The van der Waals surface area contributed by atoms with Crippen molar-refractivity contribution < 1.29 is 19.4 Å². The second-order valence-electron chi connectivity index (χ2n) is 7.01. The van der Waals surface area contributed by atoms with E-state index in [0.29, 0.717) is 22.9 Å². The topological polar surface area (TPSA) is 68.7 Å². The van der Waals surface area contributed by atoms with Crippen molar-refractivity contribution in [3.8, 4) is 11.6 Å². The molecule has 0 aliphatic carbocycles. The van der Waals surface area contributed by atoms with Crippen LogP contribution in [0.4, 0.5) is 0 Å². The number of nitrogens with zero attached hydrogens (tertiary/aromatic N) is 1. The molecule has 0 spiro atoms. The maximum Gasteiger partial charge on any atom is 0.337 e. The molecule has 5 nitrogen and oxygen atoms in total. The molecule has 2 aromatic rings. The molecule has 0 saturated carbocycles. The van der Waals surface area contributed by atoms with Crippen LogP contribution in [0.5, 0.6) is 11.6 Å². The van der Waals surface area contributed by atoms with Crippen LogP contribution in [0.15, 0.2) is 48.5 Å². The summed E-state index contributed by atoms with van der Waals surface area (Å²) in [6.07, 6.45) is 11.1. The van der Waals surface area contributed by atoms with Gasteiger partial charge >= 0.3 is 5.97 Å². The molecule has 29 heavy (non-hydrogen) atoms. The first-order chi connectivity index (χ1) is 14.1. The summed E-state index contributed by atoms with van der Waals surface area (Å²) in [5, 5.41) is 10.1. The zero-order chi connectivity index (χ0) is 20.9. The number of carbonyl (C=O) groups excluding carboxylic acids is 1. The summed E-state index contributed by atoms with van der Waals surface area (Å²) >= 11 is 0. The number of methoxy groups -OCH3 is 1. The minimum Gasteiger partial charge on any atom is -0.465 e. The number of hydrogen-bond acceptors (Lipinski definition) is 5. The van der Waals surface area contributed by atoms with Gasteiger partial charge in [0.1, 0.15) is 5.75 Å². The first kappa shape index (κ1) is 22.6. The maximum absolute atomic E-state index is 11.6. The van der Waals surface area contributed by atoms with Gasteiger partial charge in [-0.2, -0.15) is 0 Å². The molecule has 0 saturated heterocycles. The van der Waals surface area contributed by atoms with Crippen molar-refractivity contribution in [2.45, 2.75) is 58.0 Å². The lowest BCUT2D eigenvalue weighted by Crippen LogP contribution is -2.02. The molecular formula is C24H31NO4. The zero-order valence-corrected chi connectivity index (χ0v) is 17.3. The van der Waals surface area contributed by atoms with Crippen LogP contribution in [-0.2, 0) is 4.74 Å². The quantitative estimate of drug-likeness (QED) is 0.363. The van der Waals surface area contributed by atoms with Gasteiger partial charge in [0.25, 0.3) is 0 Å². The summed E-state index contributed by atoms with van der Waals surface area (Å²) < 4.78 is 10.5. The highest BCUT2D eigenvalue weighted by Gasteiger charge is 2.07. The van der Waals surface area contributed by atoms with Gasteiger partial charge in [0.2, 0.25) is 5.88 Å². The first-order valence-electron chi connectivity index (χ1n) is 10.3. The number of hydrogen-bond donors (Lipinski definition) is 1. The number of aromatic nitrogens is 1. The Kier molecular flexibility index (Phi) is 9.93. The summed E-state index contributed by atoms with van der Waals surface area (Å²) in [5.41, 5.74) is 1.12. The predicted molar refractivity (Wildman–Crippen MR) is 115 cm³/mol. The predicted octanol–water partition coefficient (Wildman–Crippen LogP) is 5.79. The van der Waals surface area contributed by atoms with E-state index >= 15 is 0 Å². The lowest BCUT2D eigenvalue weighted by Gasteiger charge is -2.07. The Balaban J connectivity index is 1.87. The first-order valence-corrected chi connectivity index (χ1v) is 10.3. The van der Waals surface area contributed by atoms with Gasteiger partial charge in [-0.05, 0) is 36.8 Å². The molecule has 0 aliphatic rings. The molecule has 156 valence electrons. The van der Waals surface area contributed by atoms with Gasteiger partial charge in [0.05, 0.1) is 24.5 Å². The molecule has 5 heteroatoms. The molecule has 0 amide bonds. The number of ether oxygens (including phenoxy) is 2. The number of aliphatic hydroxyl groups is 1. The Morgan fingerprint density at radius 2 is 1.86 bits per heavy atom. The number of carbonyl (C=O) groups is 1. The Hall–Kier alpha value is -2.66. The molecule has 0 radical (unpaired) electrons. The fraction of sp³-hybridized carbons (Fsp3) is 0.417. The monoisotopic (exact) mass is 397 g/mol. The van der Waals surface area contributed by atoms with Crippen LogP contribution in [0.3, 0.4) is 0 Å². The normalized spacial score (nSPS) is 12.1. The molecule has 1 heterocycles. The third-order valence-corrected chi connectivity index (χ3v) is 4.57. The Bertz CT molecular complexity index is 788. The molecule has 2 rings (SSSR count). The van der Waals surface area contributed by atoms with Crippen LogP contribution >= 0.6 is 0 Å². The van der Waals surface area contributed by atoms with E-state index < -0.39 is 12.1 Å². The summed E-state index contributed by atoms with van der Waals surface area (Å²) in [4.78, 5) is 16.1. The van der Waals surface area contributed by atoms with Gasteiger partial charge < -0.3 is 14.6 Å². The van der Waals surface area contributed by atoms with Crippen LogP contribution in [0.25, 0.3) is 6.08 Å². The average molecular weight is 398 g/mol. The second kappa shape index (κ2) is 12.7. The van der Waals surface area contributed by atoms with Gasteiger partial charge in [-0.25, -0.2) is 9.78 Å². The SMILES string of the molecule is CCCCCCCCC(O)C=Cc1cccc(Oc2cccc(C(=O)OC)c2)n1. The molecular weight excluding hydrogens is 366 g/mol. The molecule has 0 fully saturated rings. The molecule has 0 bridgehead atoms. The largest absolute Gasteiger partial charge is 0.465 e. The van der Waals surface area contributed by atoms with E-state index in [2.05, 4.69) is 11.9 Å². The van der Waals surface area contributed by atoms with Crippen molar-refractivity contribution in [1.82, 2.24) is 4.98 Å². The van der Waals surface area contributed by atoms with Gasteiger partial charge in [-0.3, -0.25) is 0 Å². The van der Waals surface area contributed by atoms with E-state index in [1.807, 2.05) is 12.1 Å². The average Bonchev–Trinajstić information content (AvgIpc) is 2.74. The van der Waals surface area contributed by atoms with E-state index in [4.69, 9.17) is 9.47 Å². The van der Waals surface area contributed by atoms with Gasteiger partial charge in [0.15, 0.2) is 0 Å². The van der Waals surface area contributed by atoms with E-state index in [0.717, 1.165) is 19.3 Å². The Morgan fingerprint density at radius 1 is 1.10 bits per heavy atom. The number of esters is 1. The fourth-order valence-corrected chi connectivity index (χ4v) is 2.95. The third-order valence-electron chi connectivity index (χ3n) is 4.57. The highest BCUT2D eigenvalue weighted by Crippen LogP contribution is 2.21. The number of rotatable bonds is 12.